The Hall–Kier alpha value is -4.16. The Kier molecular flexibility index (Phi) is 8.21. The molecule has 2 aromatic rings. The molecule has 3 amide bonds. The van der Waals surface area contributed by atoms with Crippen LogP contribution in [-0.2, 0) is 19.1 Å². The fourth-order valence-corrected chi connectivity index (χ4v) is 4.20. The highest BCUT2D eigenvalue weighted by Gasteiger charge is 2.33. The highest BCUT2D eigenvalue weighted by molar-refractivity contribution is 5.94. The first kappa shape index (κ1) is 25.9. The van der Waals surface area contributed by atoms with E-state index in [1.54, 1.807) is 24.0 Å². The Morgan fingerprint density at radius 2 is 1.97 bits per heavy atom. The fraction of sp³-hybridized carbons (Fsp3) is 0.458. The lowest BCUT2D eigenvalue weighted by Gasteiger charge is -2.36. The van der Waals surface area contributed by atoms with Crippen LogP contribution >= 0.6 is 0 Å². The summed E-state index contributed by atoms with van der Waals surface area (Å²) in [6, 6.07) is 5.92. The van der Waals surface area contributed by atoms with Gasteiger partial charge in [0.15, 0.2) is 0 Å². The third-order valence-electron chi connectivity index (χ3n) is 6.13. The number of rotatable bonds is 9. The molecule has 0 unspecified atom stereocenters. The van der Waals surface area contributed by atoms with Gasteiger partial charge in [0.25, 0.3) is 5.91 Å². The van der Waals surface area contributed by atoms with Crippen LogP contribution in [-0.4, -0.2) is 85.9 Å². The van der Waals surface area contributed by atoms with Gasteiger partial charge in [-0.3, -0.25) is 19.3 Å². The molecule has 0 saturated carbocycles. The normalized spacial score (nSPS) is 17.5. The lowest BCUT2D eigenvalue weighted by atomic mass is 10.1. The minimum Gasteiger partial charge on any atom is -0.466 e. The van der Waals surface area contributed by atoms with Crippen LogP contribution in [0.2, 0.25) is 0 Å². The molecule has 1 aromatic heterocycles. The first-order valence-corrected chi connectivity index (χ1v) is 12.0. The van der Waals surface area contributed by atoms with E-state index in [0.717, 1.165) is 0 Å². The number of hydrogen-bond acceptors (Lipinski definition) is 9. The molecule has 0 aliphatic carbocycles. The van der Waals surface area contributed by atoms with Crippen LogP contribution in [0.25, 0.3) is 0 Å². The summed E-state index contributed by atoms with van der Waals surface area (Å²) in [5.41, 5.74) is 0.724. The van der Waals surface area contributed by atoms with Gasteiger partial charge in [-0.05, 0) is 31.5 Å². The van der Waals surface area contributed by atoms with Crippen molar-refractivity contribution in [3.8, 4) is 0 Å². The van der Waals surface area contributed by atoms with Crippen LogP contribution < -0.4 is 15.1 Å². The molecule has 2 fully saturated rings. The van der Waals surface area contributed by atoms with E-state index < -0.39 is 23.9 Å². The number of piperazine rings is 1. The van der Waals surface area contributed by atoms with Gasteiger partial charge in [0, 0.05) is 38.7 Å². The number of nitrogens with zero attached hydrogens (tertiary/aromatic N) is 4. The Morgan fingerprint density at radius 3 is 2.65 bits per heavy atom. The van der Waals surface area contributed by atoms with Gasteiger partial charge in [0.05, 0.1) is 37.3 Å². The molecule has 1 aromatic carbocycles. The lowest BCUT2D eigenvalue weighted by molar-refractivity contribution is -0.143. The first-order valence-electron chi connectivity index (χ1n) is 12.0. The average Bonchev–Trinajstić information content (AvgIpc) is 3.56. The predicted octanol–water partition coefficient (Wildman–Crippen LogP) is 1.56. The smallest absolute Gasteiger partial charge is 0.414 e. The van der Waals surface area contributed by atoms with E-state index in [1.807, 2.05) is 4.90 Å². The Morgan fingerprint density at radius 1 is 1.19 bits per heavy atom. The number of esters is 1. The van der Waals surface area contributed by atoms with E-state index in [1.165, 1.54) is 23.2 Å². The SMILES string of the molecule is CCOC(=O)CC[C@H]1CN(c2ccc(N3CCN(C(=O)CNC(=O)c4ccno4)CC3)c(F)c2)C(=O)O1. The quantitative estimate of drug-likeness (QED) is 0.492. The van der Waals surface area contributed by atoms with Crippen LogP contribution in [0, 0.1) is 5.82 Å². The van der Waals surface area contributed by atoms with Crippen molar-refractivity contribution < 1.29 is 37.6 Å². The van der Waals surface area contributed by atoms with E-state index in [-0.39, 0.29) is 43.8 Å². The molecule has 2 aliphatic heterocycles. The van der Waals surface area contributed by atoms with Crippen LogP contribution in [0.4, 0.5) is 20.6 Å². The Bertz CT molecular complexity index is 1130. The number of carbonyl (C=O) groups is 4. The van der Waals surface area contributed by atoms with Crippen molar-refractivity contribution in [1.82, 2.24) is 15.4 Å². The first-order chi connectivity index (χ1) is 17.9. The van der Waals surface area contributed by atoms with E-state index >= 15 is 4.39 Å². The summed E-state index contributed by atoms with van der Waals surface area (Å²) < 4.78 is 30.0. The molecular weight excluding hydrogens is 489 g/mol. The van der Waals surface area contributed by atoms with Gasteiger partial charge in [-0.1, -0.05) is 5.16 Å². The van der Waals surface area contributed by atoms with Gasteiger partial charge < -0.3 is 29.1 Å². The average molecular weight is 518 g/mol. The zero-order chi connectivity index (χ0) is 26.4. The highest BCUT2D eigenvalue weighted by Crippen LogP contribution is 2.29. The maximum atomic E-state index is 15.0. The number of hydrogen-bond donors (Lipinski definition) is 1. The van der Waals surface area contributed by atoms with Gasteiger partial charge in [-0.15, -0.1) is 0 Å². The number of aromatic nitrogens is 1. The van der Waals surface area contributed by atoms with Crippen LogP contribution in [0.3, 0.4) is 0 Å². The molecule has 4 rings (SSSR count). The second-order valence-corrected chi connectivity index (χ2v) is 8.52. The molecule has 3 heterocycles. The summed E-state index contributed by atoms with van der Waals surface area (Å²) >= 11 is 0. The zero-order valence-electron chi connectivity index (χ0n) is 20.4. The molecule has 13 heteroatoms. The van der Waals surface area contributed by atoms with Crippen LogP contribution in [0.1, 0.15) is 30.3 Å². The number of carbonyl (C=O) groups excluding carboxylic acids is 4. The van der Waals surface area contributed by atoms with Gasteiger partial charge in [0.2, 0.25) is 11.7 Å². The van der Waals surface area contributed by atoms with Gasteiger partial charge in [0.1, 0.15) is 11.9 Å². The maximum absolute atomic E-state index is 15.0. The molecule has 37 heavy (non-hydrogen) atoms. The van der Waals surface area contributed by atoms with E-state index in [9.17, 15) is 19.2 Å². The zero-order valence-corrected chi connectivity index (χ0v) is 20.4. The number of cyclic esters (lactones) is 1. The molecule has 12 nitrogen and oxygen atoms in total. The number of halogens is 1. The van der Waals surface area contributed by atoms with Crippen LogP contribution in [0.15, 0.2) is 35.0 Å². The second-order valence-electron chi connectivity index (χ2n) is 8.52. The summed E-state index contributed by atoms with van der Waals surface area (Å²) in [4.78, 5) is 52.9. The molecule has 2 saturated heterocycles. The number of benzene rings is 1. The molecule has 0 bridgehead atoms. The number of anilines is 2. The van der Waals surface area contributed by atoms with E-state index in [2.05, 4.69) is 10.5 Å². The predicted molar refractivity (Wildman–Crippen MR) is 128 cm³/mol. The standard InChI is InChI=1S/C24H28FN5O7/c1-2-35-22(32)6-4-17-15-30(24(34)36-17)16-3-5-19(18(25)13-16)28-9-11-29(12-10-28)21(31)14-26-23(33)20-7-8-27-37-20/h3,5,7-8,13,17H,2,4,6,9-12,14-15H2,1H3,(H,26,33)/t17-/m0/s1. The van der Waals surface area contributed by atoms with Crippen molar-refractivity contribution in [2.24, 2.45) is 0 Å². The topological polar surface area (TPSA) is 135 Å². The summed E-state index contributed by atoms with van der Waals surface area (Å²) in [6.45, 7) is 3.56. The highest BCUT2D eigenvalue weighted by atomic mass is 19.1. The van der Waals surface area contributed by atoms with Crippen molar-refractivity contribution in [1.29, 1.82) is 0 Å². The van der Waals surface area contributed by atoms with Crippen molar-refractivity contribution in [2.75, 3.05) is 55.7 Å². The minimum absolute atomic E-state index is 0.0194. The molecular formula is C24H28FN5O7. The molecule has 0 radical (unpaired) electrons. The fourth-order valence-electron chi connectivity index (χ4n) is 4.20. The summed E-state index contributed by atoms with van der Waals surface area (Å²) in [5.74, 6) is -1.62. The number of nitrogens with one attached hydrogen (secondary N) is 1. The van der Waals surface area contributed by atoms with Gasteiger partial charge >= 0.3 is 12.1 Å². The molecule has 1 N–H and O–H groups in total. The van der Waals surface area contributed by atoms with Gasteiger partial charge in [-0.2, -0.15) is 0 Å². The van der Waals surface area contributed by atoms with Crippen LogP contribution in [0.5, 0.6) is 0 Å². The van der Waals surface area contributed by atoms with Gasteiger partial charge in [-0.25, -0.2) is 9.18 Å². The summed E-state index contributed by atoms with van der Waals surface area (Å²) in [6.07, 6.45) is 0.724. The Labute approximate surface area is 212 Å². The maximum Gasteiger partial charge on any atom is 0.414 e. The van der Waals surface area contributed by atoms with E-state index in [0.29, 0.717) is 44.0 Å². The third-order valence-corrected chi connectivity index (χ3v) is 6.13. The minimum atomic E-state index is -0.594. The monoisotopic (exact) mass is 517 g/mol. The molecule has 198 valence electrons. The van der Waals surface area contributed by atoms with E-state index in [4.69, 9.17) is 14.0 Å². The lowest BCUT2D eigenvalue weighted by Crippen LogP contribution is -2.51. The number of ether oxygens (including phenoxy) is 2. The van der Waals surface area contributed by atoms with Crippen molar-refractivity contribution in [2.45, 2.75) is 25.9 Å². The largest absolute Gasteiger partial charge is 0.466 e. The Balaban J connectivity index is 1.27. The second kappa shape index (κ2) is 11.7. The van der Waals surface area contributed by atoms with Crippen molar-refractivity contribution >= 4 is 35.3 Å². The van der Waals surface area contributed by atoms with Crippen molar-refractivity contribution in [3.05, 3.63) is 42.0 Å². The number of amides is 3. The molecule has 0 spiro atoms. The summed E-state index contributed by atoms with van der Waals surface area (Å²) in [5, 5.41) is 5.94. The molecule has 2 aliphatic rings. The summed E-state index contributed by atoms with van der Waals surface area (Å²) in [7, 11) is 0. The van der Waals surface area contributed by atoms with Crippen molar-refractivity contribution in [3.63, 3.8) is 0 Å². The molecule has 1 atom stereocenters. The third kappa shape index (κ3) is 6.35.